The number of nitrogens with zero attached hydrogens (tertiary/aromatic N) is 1. The molecular weight excluding hydrogens is 214 g/mol. The topological polar surface area (TPSA) is 21.7 Å². The van der Waals surface area contributed by atoms with Gasteiger partial charge in [0, 0.05) is 31.8 Å². The van der Waals surface area contributed by atoms with Crippen molar-refractivity contribution in [2.75, 3.05) is 26.8 Å². The molecular formula is C14H23NO2. The van der Waals surface area contributed by atoms with Gasteiger partial charge in [-0.3, -0.25) is 0 Å². The molecule has 0 aromatic heterocycles. The molecule has 96 valence electrons. The van der Waals surface area contributed by atoms with Crippen molar-refractivity contribution < 1.29 is 9.47 Å². The van der Waals surface area contributed by atoms with Gasteiger partial charge in [0.1, 0.15) is 0 Å². The van der Waals surface area contributed by atoms with Crippen LogP contribution in [0, 0.1) is 11.8 Å². The van der Waals surface area contributed by atoms with Gasteiger partial charge in [-0.15, -0.1) is 11.8 Å². The van der Waals surface area contributed by atoms with Crippen LogP contribution >= 0.6 is 0 Å². The zero-order chi connectivity index (χ0) is 12.1. The van der Waals surface area contributed by atoms with Crippen LogP contribution in [0.3, 0.4) is 0 Å². The largest absolute Gasteiger partial charge is 0.348 e. The third-order valence-corrected chi connectivity index (χ3v) is 3.92. The lowest BCUT2D eigenvalue weighted by Crippen LogP contribution is -2.43. The number of rotatable bonds is 3. The molecule has 3 heteroatoms. The van der Waals surface area contributed by atoms with E-state index in [4.69, 9.17) is 9.47 Å². The molecule has 3 nitrogen and oxygen atoms in total. The van der Waals surface area contributed by atoms with E-state index >= 15 is 0 Å². The molecule has 0 aromatic rings. The van der Waals surface area contributed by atoms with Gasteiger partial charge in [0.25, 0.3) is 0 Å². The summed E-state index contributed by atoms with van der Waals surface area (Å²) >= 11 is 0. The van der Waals surface area contributed by atoms with E-state index in [0.717, 1.165) is 39.0 Å². The Hall–Kier alpha value is -0.560. The first kappa shape index (κ1) is 12.9. The van der Waals surface area contributed by atoms with Crippen molar-refractivity contribution in [3.63, 3.8) is 0 Å². The zero-order valence-electron chi connectivity index (χ0n) is 11.0. The van der Waals surface area contributed by atoms with E-state index in [0.29, 0.717) is 6.04 Å². The fourth-order valence-electron chi connectivity index (χ4n) is 2.81. The predicted octanol–water partition coefficient (Wildman–Crippen LogP) is 2.02. The summed E-state index contributed by atoms with van der Waals surface area (Å²) in [5.74, 6) is 5.85. The second-order valence-electron chi connectivity index (χ2n) is 5.00. The van der Waals surface area contributed by atoms with Gasteiger partial charge < -0.3 is 14.4 Å². The van der Waals surface area contributed by atoms with Crippen LogP contribution in [0.15, 0.2) is 0 Å². The molecule has 2 fully saturated rings. The van der Waals surface area contributed by atoms with Crippen LogP contribution in [0.5, 0.6) is 0 Å². The monoisotopic (exact) mass is 237 g/mol. The molecule has 1 aliphatic carbocycles. The van der Waals surface area contributed by atoms with Gasteiger partial charge in [-0.2, -0.15) is 0 Å². The predicted molar refractivity (Wildman–Crippen MR) is 67.6 cm³/mol. The Labute approximate surface area is 104 Å². The Morgan fingerprint density at radius 3 is 2.47 bits per heavy atom. The van der Waals surface area contributed by atoms with E-state index in [1.165, 1.54) is 12.8 Å². The van der Waals surface area contributed by atoms with E-state index in [2.05, 4.69) is 23.8 Å². The van der Waals surface area contributed by atoms with Crippen molar-refractivity contribution in [1.29, 1.82) is 0 Å². The van der Waals surface area contributed by atoms with E-state index in [1.807, 2.05) is 6.92 Å². The smallest absolute Gasteiger partial charge is 0.168 e. The molecule has 1 spiro atoms. The molecule has 1 aliphatic heterocycles. The van der Waals surface area contributed by atoms with E-state index in [9.17, 15) is 0 Å². The Bertz CT molecular complexity index is 289. The number of ether oxygens (including phenoxy) is 2. The first-order valence-corrected chi connectivity index (χ1v) is 6.63. The fourth-order valence-corrected chi connectivity index (χ4v) is 2.81. The highest BCUT2D eigenvalue weighted by atomic mass is 16.7. The van der Waals surface area contributed by atoms with Crippen molar-refractivity contribution in [3.8, 4) is 11.8 Å². The SMILES string of the molecule is CC#CCCN(C)C1CCC2(CC1)OCCO2. The van der Waals surface area contributed by atoms with E-state index in [-0.39, 0.29) is 5.79 Å². The van der Waals surface area contributed by atoms with Crippen molar-refractivity contribution in [2.24, 2.45) is 0 Å². The van der Waals surface area contributed by atoms with Gasteiger partial charge in [0.05, 0.1) is 13.2 Å². The summed E-state index contributed by atoms with van der Waals surface area (Å²) in [6, 6.07) is 0.673. The maximum Gasteiger partial charge on any atom is 0.168 e. The first-order valence-electron chi connectivity index (χ1n) is 6.63. The summed E-state index contributed by atoms with van der Waals surface area (Å²) < 4.78 is 11.5. The summed E-state index contributed by atoms with van der Waals surface area (Å²) in [7, 11) is 2.20. The van der Waals surface area contributed by atoms with Crippen LogP contribution in [-0.2, 0) is 9.47 Å². The zero-order valence-corrected chi connectivity index (χ0v) is 11.0. The maximum absolute atomic E-state index is 5.74. The quantitative estimate of drug-likeness (QED) is 0.701. The summed E-state index contributed by atoms with van der Waals surface area (Å²) in [6.45, 7) is 4.51. The van der Waals surface area contributed by atoms with E-state index in [1.54, 1.807) is 0 Å². The van der Waals surface area contributed by atoms with Gasteiger partial charge in [0.2, 0.25) is 0 Å². The van der Waals surface area contributed by atoms with Crippen molar-refractivity contribution in [2.45, 2.75) is 50.9 Å². The molecule has 0 atom stereocenters. The van der Waals surface area contributed by atoms with Crippen LogP contribution in [0.4, 0.5) is 0 Å². The normalized spacial score (nSPS) is 23.9. The Balaban J connectivity index is 1.75. The molecule has 1 heterocycles. The highest BCUT2D eigenvalue weighted by Crippen LogP contribution is 2.36. The molecule has 0 N–H and O–H groups in total. The highest BCUT2D eigenvalue weighted by Gasteiger charge is 2.40. The molecule has 17 heavy (non-hydrogen) atoms. The van der Waals surface area contributed by atoms with Crippen LogP contribution in [0.25, 0.3) is 0 Å². The highest BCUT2D eigenvalue weighted by molar-refractivity contribution is 4.96. The van der Waals surface area contributed by atoms with Crippen LogP contribution in [-0.4, -0.2) is 43.5 Å². The van der Waals surface area contributed by atoms with Crippen LogP contribution in [0.2, 0.25) is 0 Å². The lowest BCUT2D eigenvalue weighted by Gasteiger charge is -2.38. The maximum atomic E-state index is 5.74. The van der Waals surface area contributed by atoms with Gasteiger partial charge >= 0.3 is 0 Å². The summed E-state index contributed by atoms with van der Waals surface area (Å²) in [5.41, 5.74) is 0. The summed E-state index contributed by atoms with van der Waals surface area (Å²) in [4.78, 5) is 2.44. The minimum Gasteiger partial charge on any atom is -0.348 e. The average Bonchev–Trinajstić information content (AvgIpc) is 2.79. The minimum absolute atomic E-state index is 0.222. The molecule has 0 radical (unpaired) electrons. The van der Waals surface area contributed by atoms with Gasteiger partial charge in [-0.25, -0.2) is 0 Å². The average molecular weight is 237 g/mol. The third kappa shape index (κ3) is 3.22. The summed E-state index contributed by atoms with van der Waals surface area (Å²) in [5, 5.41) is 0. The molecule has 0 unspecified atom stereocenters. The summed E-state index contributed by atoms with van der Waals surface area (Å²) in [6.07, 6.45) is 5.41. The van der Waals surface area contributed by atoms with Crippen molar-refractivity contribution in [3.05, 3.63) is 0 Å². The molecule has 1 saturated heterocycles. The van der Waals surface area contributed by atoms with Crippen LogP contribution < -0.4 is 0 Å². The second kappa shape index (κ2) is 5.86. The second-order valence-corrected chi connectivity index (χ2v) is 5.00. The van der Waals surface area contributed by atoms with Gasteiger partial charge in [-0.1, -0.05) is 0 Å². The fraction of sp³-hybridized carbons (Fsp3) is 0.857. The number of hydrogen-bond donors (Lipinski definition) is 0. The van der Waals surface area contributed by atoms with Gasteiger partial charge in [-0.05, 0) is 26.8 Å². The Morgan fingerprint density at radius 2 is 1.88 bits per heavy atom. The van der Waals surface area contributed by atoms with Gasteiger partial charge in [0.15, 0.2) is 5.79 Å². The Morgan fingerprint density at radius 1 is 1.24 bits per heavy atom. The lowest BCUT2D eigenvalue weighted by atomic mass is 9.89. The standard InChI is InChI=1S/C14H23NO2/c1-3-4-5-10-15(2)13-6-8-14(9-7-13)16-11-12-17-14/h13H,5-12H2,1-2H3. The first-order chi connectivity index (χ1) is 8.26. The molecule has 2 rings (SSSR count). The molecule has 0 bridgehead atoms. The minimum atomic E-state index is -0.222. The number of hydrogen-bond acceptors (Lipinski definition) is 3. The third-order valence-electron chi connectivity index (χ3n) is 3.92. The van der Waals surface area contributed by atoms with Crippen LogP contribution in [0.1, 0.15) is 39.0 Å². The van der Waals surface area contributed by atoms with Crippen molar-refractivity contribution in [1.82, 2.24) is 4.90 Å². The molecule has 0 amide bonds. The lowest BCUT2D eigenvalue weighted by molar-refractivity contribution is -0.183. The Kier molecular flexibility index (Phi) is 4.44. The molecule has 1 saturated carbocycles. The molecule has 2 aliphatic rings. The molecule has 0 aromatic carbocycles. The van der Waals surface area contributed by atoms with Crippen molar-refractivity contribution >= 4 is 0 Å². The van der Waals surface area contributed by atoms with E-state index < -0.39 is 0 Å².